The third kappa shape index (κ3) is 6.51. The van der Waals surface area contributed by atoms with Crippen LogP contribution in [0, 0.1) is 5.92 Å². The highest BCUT2D eigenvalue weighted by molar-refractivity contribution is 6.02. The zero-order valence-corrected chi connectivity index (χ0v) is 25.7. The molecule has 0 radical (unpaired) electrons. The summed E-state index contributed by atoms with van der Waals surface area (Å²) in [6.07, 6.45) is -13.9. The summed E-state index contributed by atoms with van der Waals surface area (Å²) >= 11 is 0. The summed E-state index contributed by atoms with van der Waals surface area (Å²) in [4.78, 5) is 51.7. The van der Waals surface area contributed by atoms with E-state index in [0.29, 0.717) is 0 Å². The van der Waals surface area contributed by atoms with E-state index in [1.165, 1.54) is 6.07 Å². The lowest BCUT2D eigenvalue weighted by atomic mass is 9.71. The summed E-state index contributed by atoms with van der Waals surface area (Å²) in [5.41, 5.74) is -6.03. The molecule has 3 aliphatic carbocycles. The molecule has 270 valence electrons. The second-order valence-electron chi connectivity index (χ2n) is 12.8. The summed E-state index contributed by atoms with van der Waals surface area (Å²) in [7, 11) is 0. The number of carboxylic acid groups (broad SMARTS) is 2. The van der Waals surface area contributed by atoms with Gasteiger partial charge in [-0.15, -0.1) is 0 Å². The maximum Gasteiger partial charge on any atom is 0.335 e. The Morgan fingerprint density at radius 3 is 1.68 bits per heavy atom. The molecule has 18 heteroatoms. The maximum absolute atomic E-state index is 14.2. The number of hydrogen-bond donors (Lipinski definition) is 12. The number of carbonyl (C=O) groups is 4. The van der Waals surface area contributed by atoms with Crippen molar-refractivity contribution < 1.29 is 89.9 Å². The molecule has 2 fully saturated rings. The lowest BCUT2D eigenvalue weighted by molar-refractivity contribution is -0.201. The molecule has 5 rings (SSSR count). The van der Waals surface area contributed by atoms with Gasteiger partial charge in [-0.25, -0.2) is 14.4 Å². The fourth-order valence-electron chi connectivity index (χ4n) is 6.68. The molecule has 50 heavy (non-hydrogen) atoms. The van der Waals surface area contributed by atoms with Crippen molar-refractivity contribution in [3.63, 3.8) is 0 Å². The number of benzene rings is 2. The number of aromatic hydroxyl groups is 4. The minimum atomic E-state index is -2.66. The molecule has 12 N–H and O–H groups in total. The van der Waals surface area contributed by atoms with E-state index < -0.39 is 138 Å². The minimum absolute atomic E-state index is 0.00327. The Hall–Kier alpha value is -4.98. The molecular weight excluding hydrogens is 672 g/mol. The highest BCUT2D eigenvalue weighted by Crippen LogP contribution is 2.48. The molecule has 2 aromatic rings. The molecule has 0 heterocycles. The van der Waals surface area contributed by atoms with Crippen LogP contribution in [-0.2, 0) is 28.7 Å². The summed E-state index contributed by atoms with van der Waals surface area (Å²) in [5, 5.41) is 123. The van der Waals surface area contributed by atoms with Crippen molar-refractivity contribution in [3.05, 3.63) is 52.6 Å². The van der Waals surface area contributed by atoms with Crippen LogP contribution >= 0.6 is 0 Å². The van der Waals surface area contributed by atoms with Crippen molar-refractivity contribution in [1.29, 1.82) is 0 Å². The van der Waals surface area contributed by atoms with Gasteiger partial charge in [0.2, 0.25) is 0 Å². The molecule has 2 aromatic carbocycles. The summed E-state index contributed by atoms with van der Waals surface area (Å²) in [6, 6.07) is 5.21. The lowest BCUT2D eigenvalue weighted by Gasteiger charge is -2.41. The zero-order chi connectivity index (χ0) is 37.0. The SMILES string of the molecule is O=C(OC1C[C@](O)(C(=O)O)C[C@@H](O)[C@H]1O)C1=Cc2cc(O)c(O)cc2[C@H](c2ccc(O)c(O)c2)[C@H]1C(=O)OC1C[C@](O)(C(=O)O)C[C@@H](O)[C@H]1O. The van der Waals surface area contributed by atoms with Crippen molar-refractivity contribution in [2.75, 3.05) is 0 Å². The number of aliphatic hydroxyl groups excluding tert-OH is 4. The van der Waals surface area contributed by atoms with Gasteiger partial charge in [0, 0.05) is 31.6 Å². The van der Waals surface area contributed by atoms with Crippen molar-refractivity contribution >= 4 is 30.0 Å². The monoisotopic (exact) mass is 706 g/mol. The van der Waals surface area contributed by atoms with Crippen LogP contribution in [0.3, 0.4) is 0 Å². The van der Waals surface area contributed by atoms with Crippen molar-refractivity contribution in [3.8, 4) is 23.0 Å². The first-order valence-electron chi connectivity index (χ1n) is 15.1. The maximum atomic E-state index is 14.2. The van der Waals surface area contributed by atoms with Gasteiger partial charge < -0.3 is 70.8 Å². The largest absolute Gasteiger partial charge is 0.504 e. The van der Waals surface area contributed by atoms with Gasteiger partial charge in [0.25, 0.3) is 0 Å². The van der Waals surface area contributed by atoms with Gasteiger partial charge in [-0.1, -0.05) is 6.07 Å². The number of fused-ring (bicyclic) bond motifs is 1. The number of aliphatic carboxylic acids is 2. The number of aliphatic hydroxyl groups is 6. The van der Waals surface area contributed by atoms with Gasteiger partial charge in [0.1, 0.15) is 24.4 Å². The quantitative estimate of drug-likeness (QED) is 0.111. The van der Waals surface area contributed by atoms with E-state index in [9.17, 15) is 80.5 Å². The van der Waals surface area contributed by atoms with Crippen LogP contribution in [0.5, 0.6) is 23.0 Å². The van der Waals surface area contributed by atoms with E-state index >= 15 is 0 Å². The van der Waals surface area contributed by atoms with Crippen LogP contribution in [0.1, 0.15) is 48.3 Å². The van der Waals surface area contributed by atoms with Gasteiger partial charge >= 0.3 is 23.9 Å². The van der Waals surface area contributed by atoms with Crippen LogP contribution in [0.15, 0.2) is 35.9 Å². The number of hydrogen-bond acceptors (Lipinski definition) is 16. The highest BCUT2D eigenvalue weighted by atomic mass is 16.6. The Morgan fingerprint density at radius 2 is 1.16 bits per heavy atom. The van der Waals surface area contributed by atoms with Crippen molar-refractivity contribution in [2.24, 2.45) is 5.92 Å². The number of esters is 2. The molecule has 0 bridgehead atoms. The number of rotatable bonds is 7. The number of ether oxygens (including phenoxy) is 2. The van der Waals surface area contributed by atoms with Crippen LogP contribution in [-0.4, -0.2) is 133 Å². The van der Waals surface area contributed by atoms with Crippen LogP contribution < -0.4 is 0 Å². The minimum Gasteiger partial charge on any atom is -0.504 e. The first-order valence-corrected chi connectivity index (χ1v) is 15.1. The molecule has 0 amide bonds. The number of carbonyl (C=O) groups excluding carboxylic acids is 2. The highest BCUT2D eigenvalue weighted by Gasteiger charge is 2.54. The summed E-state index contributed by atoms with van der Waals surface area (Å²) < 4.78 is 10.8. The van der Waals surface area contributed by atoms with Crippen LogP contribution in [0.2, 0.25) is 0 Å². The van der Waals surface area contributed by atoms with Gasteiger partial charge in [-0.05, 0) is 47.0 Å². The molecule has 10 atom stereocenters. The van der Waals surface area contributed by atoms with E-state index in [1.54, 1.807) is 0 Å². The Labute approximate surface area is 280 Å². The van der Waals surface area contributed by atoms with E-state index in [-0.39, 0.29) is 16.7 Å². The normalized spacial score (nSPS) is 33.8. The smallest absolute Gasteiger partial charge is 0.335 e. The molecule has 2 saturated carbocycles. The topological polar surface area (TPSA) is 330 Å². The molecule has 0 saturated heterocycles. The predicted octanol–water partition coefficient (Wildman–Crippen LogP) is -1.86. The molecule has 18 nitrogen and oxygen atoms in total. The molecule has 0 aliphatic heterocycles. The van der Waals surface area contributed by atoms with Gasteiger partial charge in [0.15, 0.2) is 34.2 Å². The van der Waals surface area contributed by atoms with Crippen LogP contribution in [0.25, 0.3) is 6.08 Å². The zero-order valence-electron chi connectivity index (χ0n) is 25.7. The Balaban J connectivity index is 1.63. The van der Waals surface area contributed by atoms with Crippen molar-refractivity contribution in [2.45, 2.75) is 79.4 Å². The van der Waals surface area contributed by atoms with Crippen LogP contribution in [0.4, 0.5) is 0 Å². The summed E-state index contributed by atoms with van der Waals surface area (Å²) in [6.45, 7) is 0. The van der Waals surface area contributed by atoms with E-state index in [1.807, 2.05) is 0 Å². The Bertz CT molecular complexity index is 1750. The second-order valence-corrected chi connectivity index (χ2v) is 12.8. The predicted molar refractivity (Wildman–Crippen MR) is 160 cm³/mol. The molecule has 0 aromatic heterocycles. The molecular formula is C32H34O18. The first kappa shape index (κ1) is 36.3. The van der Waals surface area contributed by atoms with Gasteiger partial charge in [-0.2, -0.15) is 0 Å². The Kier molecular flexibility index (Phi) is 9.47. The van der Waals surface area contributed by atoms with E-state index in [4.69, 9.17) is 9.47 Å². The Morgan fingerprint density at radius 1 is 0.660 bits per heavy atom. The third-order valence-electron chi connectivity index (χ3n) is 9.39. The third-order valence-corrected chi connectivity index (χ3v) is 9.39. The standard InChI is InChI=1S/C32H34O18/c33-15-2-1-11(4-16(15)34)23-13-6-18(36)17(35)5-12(13)3-14(27(41)49-21-9-31(47,29(43)44)7-19(37)25(21)39)24(23)28(42)50-22-10-32(48,30(45)46)8-20(38)26(22)40/h1-6,19-26,33-40,47-48H,7-10H2,(H,43,44)(H,45,46)/t19-,20-,21?,22?,23+,24+,25-,26-,31+,32+/m1/s1. The fourth-order valence-corrected chi connectivity index (χ4v) is 6.68. The second kappa shape index (κ2) is 13.0. The lowest BCUT2D eigenvalue weighted by Crippen LogP contribution is -2.57. The number of carboxylic acids is 2. The first-order chi connectivity index (χ1) is 23.3. The van der Waals surface area contributed by atoms with Crippen molar-refractivity contribution in [1.82, 2.24) is 0 Å². The average Bonchev–Trinajstić information content (AvgIpc) is 3.03. The molecule has 0 spiro atoms. The van der Waals surface area contributed by atoms with Gasteiger partial charge in [0.05, 0.1) is 23.7 Å². The van der Waals surface area contributed by atoms with E-state index in [2.05, 4.69) is 0 Å². The average molecular weight is 707 g/mol. The number of phenols is 4. The van der Waals surface area contributed by atoms with Gasteiger partial charge in [-0.3, -0.25) is 4.79 Å². The molecule has 3 aliphatic rings. The summed E-state index contributed by atoms with van der Waals surface area (Å²) in [5.74, 6) is -12.6. The fraction of sp³-hybridized carbons (Fsp3) is 0.438. The molecule has 2 unspecified atom stereocenters. The number of phenolic OH excluding ortho intramolecular Hbond substituents is 4. The van der Waals surface area contributed by atoms with E-state index in [0.717, 1.165) is 30.3 Å².